The molecule has 1 unspecified atom stereocenters. The number of likely N-dealkylation sites (tertiary alicyclic amines) is 1. The van der Waals surface area contributed by atoms with E-state index in [4.69, 9.17) is 4.74 Å². The Hall–Kier alpha value is -3.39. The summed E-state index contributed by atoms with van der Waals surface area (Å²) < 4.78 is 6.54. The third-order valence-corrected chi connectivity index (χ3v) is 5.42. The fourth-order valence-electron chi connectivity index (χ4n) is 3.91. The minimum Gasteiger partial charge on any atom is -0.497 e. The zero-order valence-corrected chi connectivity index (χ0v) is 16.7. The number of hydrogen-bond donors (Lipinski definition) is 2. The van der Waals surface area contributed by atoms with Crippen LogP contribution in [-0.4, -0.2) is 50.9 Å². The minimum atomic E-state index is -0.921. The second-order valence-corrected chi connectivity index (χ2v) is 7.51. The Morgan fingerprint density at radius 1 is 1.27 bits per heavy atom. The van der Waals surface area contributed by atoms with Crippen molar-refractivity contribution in [3.05, 3.63) is 76.0 Å². The summed E-state index contributed by atoms with van der Waals surface area (Å²) in [6, 6.07) is 14.2. The van der Waals surface area contributed by atoms with Gasteiger partial charge in [0.2, 0.25) is 0 Å². The summed E-state index contributed by atoms with van der Waals surface area (Å²) in [7, 11) is 1.60. The molecule has 0 bridgehead atoms. The predicted molar refractivity (Wildman–Crippen MR) is 111 cm³/mol. The van der Waals surface area contributed by atoms with Crippen LogP contribution < -0.4 is 10.4 Å². The van der Waals surface area contributed by atoms with E-state index in [2.05, 4.69) is 15.0 Å². The first-order chi connectivity index (χ1) is 14.5. The minimum absolute atomic E-state index is 0.119. The summed E-state index contributed by atoms with van der Waals surface area (Å²) in [6.45, 7) is 2.35. The first-order valence-electron chi connectivity index (χ1n) is 9.92. The number of hydrogen-bond acceptors (Lipinski definition) is 5. The van der Waals surface area contributed by atoms with Crippen LogP contribution >= 0.6 is 0 Å². The molecule has 0 amide bonds. The highest BCUT2D eigenvalue weighted by Crippen LogP contribution is 2.25. The lowest BCUT2D eigenvalue weighted by Crippen LogP contribution is -2.34. The largest absolute Gasteiger partial charge is 0.497 e. The van der Waals surface area contributed by atoms with Crippen molar-refractivity contribution < 1.29 is 14.6 Å². The number of ether oxygens (including phenoxy) is 1. The van der Waals surface area contributed by atoms with Crippen LogP contribution in [0, 0.1) is 0 Å². The van der Waals surface area contributed by atoms with Gasteiger partial charge >= 0.3 is 11.7 Å². The molecule has 8 heteroatoms. The zero-order valence-electron chi connectivity index (χ0n) is 16.7. The summed E-state index contributed by atoms with van der Waals surface area (Å²) in [5.74, 6) is 0.598. The number of carboxylic acid groups (broad SMARTS) is 1. The number of nitrogens with zero attached hydrogens (tertiary/aromatic N) is 3. The molecule has 1 saturated heterocycles. The Labute approximate surface area is 173 Å². The maximum Gasteiger partial charge on any atom is 0.348 e. The van der Waals surface area contributed by atoms with Gasteiger partial charge in [-0.1, -0.05) is 12.1 Å². The van der Waals surface area contributed by atoms with Crippen molar-refractivity contribution in [2.75, 3.05) is 20.2 Å². The Kier molecular flexibility index (Phi) is 5.67. The van der Waals surface area contributed by atoms with Crippen LogP contribution in [0.15, 0.2) is 53.3 Å². The Morgan fingerprint density at radius 2 is 2.07 bits per heavy atom. The van der Waals surface area contributed by atoms with E-state index in [9.17, 15) is 14.7 Å². The zero-order chi connectivity index (χ0) is 21.1. The van der Waals surface area contributed by atoms with Crippen LogP contribution in [0.2, 0.25) is 0 Å². The van der Waals surface area contributed by atoms with E-state index in [0.717, 1.165) is 37.2 Å². The van der Waals surface area contributed by atoms with Gasteiger partial charge in [0, 0.05) is 19.0 Å². The lowest BCUT2D eigenvalue weighted by molar-refractivity contribution is 0.0696. The molecule has 1 atom stereocenters. The quantitative estimate of drug-likeness (QED) is 0.650. The maximum atomic E-state index is 12.5. The van der Waals surface area contributed by atoms with Crippen molar-refractivity contribution in [3.8, 4) is 11.4 Å². The number of piperidine rings is 1. The molecule has 0 spiro atoms. The predicted octanol–water partition coefficient (Wildman–Crippen LogP) is 2.65. The maximum absolute atomic E-state index is 12.5. The van der Waals surface area contributed by atoms with Crippen molar-refractivity contribution in [1.29, 1.82) is 0 Å². The first-order valence-corrected chi connectivity index (χ1v) is 9.92. The van der Waals surface area contributed by atoms with Crippen LogP contribution in [0.5, 0.6) is 5.75 Å². The second kappa shape index (κ2) is 8.54. The number of H-pyrrole nitrogens is 1. The van der Waals surface area contributed by atoms with Crippen LogP contribution in [0.4, 0.5) is 0 Å². The van der Waals surface area contributed by atoms with Crippen molar-refractivity contribution in [2.24, 2.45) is 0 Å². The summed E-state index contributed by atoms with van der Waals surface area (Å²) in [5, 5.41) is 13.7. The Bertz CT molecular complexity index is 1090. The highest BCUT2D eigenvalue weighted by molar-refractivity contribution is 5.87. The van der Waals surface area contributed by atoms with Crippen molar-refractivity contribution in [1.82, 2.24) is 19.7 Å². The molecule has 2 N–H and O–H groups in total. The molecule has 1 aliphatic rings. The summed E-state index contributed by atoms with van der Waals surface area (Å²) in [5.41, 5.74) is 1.68. The average molecular weight is 408 g/mol. The number of nitrogens with one attached hydrogen (secondary N) is 1. The Morgan fingerprint density at radius 3 is 2.80 bits per heavy atom. The third kappa shape index (κ3) is 4.28. The third-order valence-electron chi connectivity index (χ3n) is 5.42. The molecule has 156 valence electrons. The number of carboxylic acids is 1. The van der Waals surface area contributed by atoms with E-state index in [1.54, 1.807) is 49.6 Å². The van der Waals surface area contributed by atoms with Gasteiger partial charge in [-0.3, -0.25) is 9.88 Å². The first kappa shape index (κ1) is 19.9. The van der Waals surface area contributed by atoms with Crippen molar-refractivity contribution in [2.45, 2.75) is 25.3 Å². The van der Waals surface area contributed by atoms with Gasteiger partial charge in [-0.05, 0) is 61.3 Å². The fraction of sp³-hybridized carbons (Fsp3) is 0.318. The molecule has 0 aliphatic carbocycles. The standard InChI is InChI=1S/C22H24N4O4/c1-30-19-9-7-18(8-10-19)26-22(29)23-20(24-26)17-6-3-11-25(14-17)13-15-4-2-5-16(12-15)21(27)28/h2,4-5,7-10,12,17H,3,6,11,13-14H2,1H3,(H,27,28)(H,23,24,29). The van der Waals surface area contributed by atoms with E-state index in [1.807, 2.05) is 6.07 Å². The van der Waals surface area contributed by atoms with Gasteiger partial charge in [0.05, 0.1) is 18.4 Å². The summed E-state index contributed by atoms with van der Waals surface area (Å²) in [6.07, 6.45) is 1.93. The van der Waals surface area contributed by atoms with Crippen molar-refractivity contribution >= 4 is 5.97 Å². The molecule has 1 fully saturated rings. The lowest BCUT2D eigenvalue weighted by atomic mass is 9.97. The number of aromatic carboxylic acids is 1. The van der Waals surface area contributed by atoms with Gasteiger partial charge in [-0.15, -0.1) is 5.10 Å². The van der Waals surface area contributed by atoms with E-state index in [0.29, 0.717) is 23.6 Å². The number of carbonyl (C=O) groups is 1. The molecule has 3 aromatic rings. The van der Waals surface area contributed by atoms with Crippen LogP contribution in [-0.2, 0) is 6.54 Å². The van der Waals surface area contributed by atoms with Gasteiger partial charge in [0.1, 0.15) is 11.6 Å². The number of aromatic amines is 1. The van der Waals surface area contributed by atoms with Gasteiger partial charge < -0.3 is 9.84 Å². The molecule has 4 rings (SSSR count). The molecular weight excluding hydrogens is 384 g/mol. The molecule has 2 aromatic carbocycles. The van der Waals surface area contributed by atoms with E-state index < -0.39 is 5.97 Å². The molecule has 1 aromatic heterocycles. The van der Waals surface area contributed by atoms with E-state index >= 15 is 0 Å². The van der Waals surface area contributed by atoms with Crippen LogP contribution in [0.1, 0.15) is 40.5 Å². The number of rotatable bonds is 6. The van der Waals surface area contributed by atoms with Gasteiger partial charge in [0.15, 0.2) is 0 Å². The normalized spacial score (nSPS) is 17.0. The SMILES string of the molecule is COc1ccc(-n2nc(C3CCCN(Cc4cccc(C(=O)O)c4)C3)[nH]c2=O)cc1. The molecule has 0 saturated carbocycles. The van der Waals surface area contributed by atoms with Gasteiger partial charge in [-0.25, -0.2) is 9.59 Å². The van der Waals surface area contributed by atoms with E-state index in [-0.39, 0.29) is 11.6 Å². The average Bonchev–Trinajstić information content (AvgIpc) is 3.16. The molecule has 2 heterocycles. The molecule has 1 aliphatic heterocycles. The number of aromatic nitrogens is 3. The van der Waals surface area contributed by atoms with Crippen LogP contribution in [0.25, 0.3) is 5.69 Å². The van der Waals surface area contributed by atoms with Crippen molar-refractivity contribution in [3.63, 3.8) is 0 Å². The molecule has 8 nitrogen and oxygen atoms in total. The monoisotopic (exact) mass is 408 g/mol. The number of benzene rings is 2. The molecule has 0 radical (unpaired) electrons. The van der Waals surface area contributed by atoms with Crippen LogP contribution in [0.3, 0.4) is 0 Å². The summed E-state index contributed by atoms with van der Waals surface area (Å²) in [4.78, 5) is 28.8. The lowest BCUT2D eigenvalue weighted by Gasteiger charge is -2.31. The topological polar surface area (TPSA) is 100 Å². The highest BCUT2D eigenvalue weighted by atomic mass is 16.5. The Balaban J connectivity index is 1.49. The smallest absolute Gasteiger partial charge is 0.348 e. The fourth-order valence-corrected chi connectivity index (χ4v) is 3.91. The number of methoxy groups -OCH3 is 1. The van der Waals surface area contributed by atoms with Gasteiger partial charge in [0.25, 0.3) is 0 Å². The molecular formula is C22H24N4O4. The summed E-state index contributed by atoms with van der Waals surface area (Å²) >= 11 is 0. The second-order valence-electron chi connectivity index (χ2n) is 7.51. The molecule has 30 heavy (non-hydrogen) atoms. The highest BCUT2D eigenvalue weighted by Gasteiger charge is 2.25. The van der Waals surface area contributed by atoms with E-state index in [1.165, 1.54) is 4.68 Å². The van der Waals surface area contributed by atoms with Gasteiger partial charge in [-0.2, -0.15) is 4.68 Å².